The van der Waals surface area contributed by atoms with Gasteiger partial charge in [-0.25, -0.2) is 4.98 Å². The van der Waals surface area contributed by atoms with Crippen molar-refractivity contribution in [2.75, 3.05) is 20.2 Å². The van der Waals surface area contributed by atoms with E-state index >= 15 is 0 Å². The number of pyridine rings is 1. The molecule has 4 nitrogen and oxygen atoms in total. The molecular weight excluding hydrogens is 408 g/mol. The molecule has 5 heteroatoms. The summed E-state index contributed by atoms with van der Waals surface area (Å²) in [5.41, 5.74) is 3.64. The van der Waals surface area contributed by atoms with Crippen LogP contribution in [0.2, 0.25) is 5.02 Å². The lowest BCUT2D eigenvalue weighted by Crippen LogP contribution is -2.55. The van der Waals surface area contributed by atoms with Crippen LogP contribution in [0.15, 0.2) is 48.5 Å². The molecule has 0 saturated carbocycles. The lowest BCUT2D eigenvalue weighted by atomic mass is 9.72. The van der Waals surface area contributed by atoms with Crippen molar-refractivity contribution in [1.82, 2.24) is 9.88 Å². The van der Waals surface area contributed by atoms with Gasteiger partial charge in [0.25, 0.3) is 0 Å². The van der Waals surface area contributed by atoms with Gasteiger partial charge in [0.05, 0.1) is 24.4 Å². The van der Waals surface area contributed by atoms with E-state index in [1.807, 2.05) is 42.5 Å². The van der Waals surface area contributed by atoms with E-state index in [4.69, 9.17) is 21.3 Å². The number of aliphatic hydroxyl groups excluding tert-OH is 1. The predicted molar refractivity (Wildman–Crippen MR) is 126 cm³/mol. The average Bonchev–Trinajstić information content (AvgIpc) is 2.83. The topological polar surface area (TPSA) is 45.6 Å². The van der Waals surface area contributed by atoms with Gasteiger partial charge in [-0.05, 0) is 73.2 Å². The number of hydrogen-bond acceptors (Lipinski definition) is 4. The Morgan fingerprint density at radius 1 is 1.19 bits per heavy atom. The van der Waals surface area contributed by atoms with Crippen molar-refractivity contribution in [2.45, 2.75) is 38.3 Å². The van der Waals surface area contributed by atoms with Gasteiger partial charge in [-0.2, -0.15) is 0 Å². The van der Waals surface area contributed by atoms with Crippen LogP contribution in [0, 0.1) is 11.8 Å². The molecule has 1 aromatic heterocycles. The van der Waals surface area contributed by atoms with Crippen LogP contribution in [0.1, 0.15) is 37.9 Å². The molecule has 3 aromatic rings. The highest BCUT2D eigenvalue weighted by molar-refractivity contribution is 6.30. The lowest BCUT2D eigenvalue weighted by Gasteiger charge is -2.51. The van der Waals surface area contributed by atoms with E-state index in [2.05, 4.69) is 17.9 Å². The van der Waals surface area contributed by atoms with E-state index in [-0.39, 0.29) is 6.04 Å². The molecule has 162 valence electrons. The number of nitrogens with zero attached hydrogens (tertiary/aromatic N) is 2. The number of ether oxygens (including phenoxy) is 1. The van der Waals surface area contributed by atoms with Crippen LogP contribution in [0.5, 0.6) is 5.75 Å². The maximum atomic E-state index is 11.7. The number of rotatable bonds is 5. The minimum absolute atomic E-state index is 0.149. The number of halogens is 1. The van der Waals surface area contributed by atoms with E-state index < -0.39 is 6.10 Å². The van der Waals surface area contributed by atoms with Gasteiger partial charge < -0.3 is 9.84 Å². The largest absolute Gasteiger partial charge is 0.497 e. The minimum Gasteiger partial charge on any atom is -0.497 e. The van der Waals surface area contributed by atoms with E-state index in [1.165, 1.54) is 12.8 Å². The van der Waals surface area contributed by atoms with E-state index in [0.29, 0.717) is 10.9 Å². The molecule has 4 heterocycles. The number of methoxy groups -OCH3 is 1. The predicted octanol–water partition coefficient (Wildman–Crippen LogP) is 5.72. The van der Waals surface area contributed by atoms with Crippen molar-refractivity contribution in [2.24, 2.45) is 11.8 Å². The van der Waals surface area contributed by atoms with Crippen LogP contribution in [0.3, 0.4) is 0 Å². The smallest absolute Gasteiger partial charge is 0.119 e. The van der Waals surface area contributed by atoms with Crippen molar-refractivity contribution >= 4 is 22.5 Å². The summed E-state index contributed by atoms with van der Waals surface area (Å²) >= 11 is 6.09. The number of piperidine rings is 3. The Hall–Kier alpha value is -2.14. The van der Waals surface area contributed by atoms with Gasteiger partial charge >= 0.3 is 0 Å². The van der Waals surface area contributed by atoms with Crippen LogP contribution in [-0.2, 0) is 0 Å². The number of hydrogen-bond donors (Lipinski definition) is 1. The van der Waals surface area contributed by atoms with Gasteiger partial charge in [0.2, 0.25) is 0 Å². The summed E-state index contributed by atoms with van der Waals surface area (Å²) in [7, 11) is 1.67. The molecule has 0 amide bonds. The Morgan fingerprint density at radius 3 is 2.68 bits per heavy atom. The summed E-state index contributed by atoms with van der Waals surface area (Å²) in [6.07, 6.45) is 2.97. The van der Waals surface area contributed by atoms with Gasteiger partial charge in [0.15, 0.2) is 0 Å². The molecule has 3 aliphatic heterocycles. The normalized spacial score (nSPS) is 26.2. The monoisotopic (exact) mass is 436 g/mol. The molecule has 1 unspecified atom stereocenters. The summed E-state index contributed by atoms with van der Waals surface area (Å²) in [5, 5.41) is 13.3. The number of aromatic nitrogens is 1. The van der Waals surface area contributed by atoms with Gasteiger partial charge in [-0.1, -0.05) is 37.1 Å². The fourth-order valence-corrected chi connectivity index (χ4v) is 5.68. The van der Waals surface area contributed by atoms with Crippen molar-refractivity contribution in [1.29, 1.82) is 0 Å². The molecule has 5 atom stereocenters. The molecule has 3 aliphatic rings. The molecular formula is C26H29ClN2O2. The molecule has 6 rings (SSSR count). The SMILES string of the molecule is CC[C@H]1CN2CC[C@H]1C[C@H]2[C@H](O)c1cc(-c2ccc(Cl)cc2)nc2ccc(OC)cc12. The Bertz CT molecular complexity index is 1080. The Balaban J connectivity index is 1.59. The zero-order chi connectivity index (χ0) is 21.5. The first-order chi connectivity index (χ1) is 15.1. The molecule has 0 aliphatic carbocycles. The molecule has 0 radical (unpaired) electrons. The van der Waals surface area contributed by atoms with Crippen LogP contribution < -0.4 is 4.74 Å². The standard InChI is InChI=1S/C26H29ClN2O2/c1-3-16-15-29-11-10-18(16)12-25(29)26(30)22-14-24(17-4-6-19(27)7-5-17)28-23-9-8-20(31-2)13-21(22)23/h4-9,13-14,16,18,25-26,30H,3,10-12,15H2,1-2H3/t16-,18-,25-,26+/m0/s1. The third kappa shape index (κ3) is 3.82. The second-order valence-corrected chi connectivity index (χ2v) is 9.38. The van der Waals surface area contributed by atoms with Crippen LogP contribution in [0.4, 0.5) is 0 Å². The van der Waals surface area contributed by atoms with E-state index in [9.17, 15) is 5.11 Å². The number of benzene rings is 2. The fourth-order valence-electron chi connectivity index (χ4n) is 5.55. The summed E-state index contributed by atoms with van der Waals surface area (Å²) in [4.78, 5) is 7.40. The zero-order valence-corrected chi connectivity index (χ0v) is 18.8. The lowest BCUT2D eigenvalue weighted by molar-refractivity contribution is -0.0562. The molecule has 31 heavy (non-hydrogen) atoms. The quantitative estimate of drug-likeness (QED) is 0.555. The third-order valence-corrected chi connectivity index (χ3v) is 7.58. The van der Waals surface area contributed by atoms with Crippen molar-refractivity contribution < 1.29 is 9.84 Å². The maximum absolute atomic E-state index is 11.7. The molecule has 0 spiro atoms. The molecule has 3 saturated heterocycles. The highest BCUT2D eigenvalue weighted by Gasteiger charge is 2.42. The van der Waals surface area contributed by atoms with Gasteiger partial charge in [0.1, 0.15) is 5.75 Å². The number of fused-ring (bicyclic) bond motifs is 4. The van der Waals surface area contributed by atoms with Crippen molar-refractivity contribution in [3.63, 3.8) is 0 Å². The van der Waals surface area contributed by atoms with Gasteiger partial charge in [-0.3, -0.25) is 4.90 Å². The average molecular weight is 437 g/mol. The molecule has 1 N–H and O–H groups in total. The summed E-state index contributed by atoms with van der Waals surface area (Å²) in [6, 6.07) is 15.8. The van der Waals surface area contributed by atoms with E-state index in [0.717, 1.165) is 58.9 Å². The first kappa shape index (κ1) is 20.7. The Labute approximate surface area is 188 Å². The molecule has 3 fully saturated rings. The summed E-state index contributed by atoms with van der Waals surface area (Å²) < 4.78 is 5.47. The Kier molecular flexibility index (Phi) is 5.63. The molecule has 2 bridgehead atoms. The zero-order valence-electron chi connectivity index (χ0n) is 18.1. The van der Waals surface area contributed by atoms with Crippen LogP contribution >= 0.6 is 11.6 Å². The third-order valence-electron chi connectivity index (χ3n) is 7.33. The Morgan fingerprint density at radius 2 is 2.00 bits per heavy atom. The van der Waals surface area contributed by atoms with Crippen molar-refractivity contribution in [3.8, 4) is 17.0 Å². The summed E-state index contributed by atoms with van der Waals surface area (Å²) in [6.45, 7) is 4.47. The van der Waals surface area contributed by atoms with Crippen LogP contribution in [-0.4, -0.2) is 41.2 Å². The number of aliphatic hydroxyl groups is 1. The highest BCUT2D eigenvalue weighted by atomic mass is 35.5. The maximum Gasteiger partial charge on any atom is 0.119 e. The van der Waals surface area contributed by atoms with E-state index in [1.54, 1.807) is 7.11 Å². The van der Waals surface area contributed by atoms with Crippen molar-refractivity contribution in [3.05, 3.63) is 59.1 Å². The van der Waals surface area contributed by atoms with Gasteiger partial charge in [-0.15, -0.1) is 0 Å². The second kappa shape index (κ2) is 8.42. The summed E-state index contributed by atoms with van der Waals surface area (Å²) in [5.74, 6) is 2.25. The minimum atomic E-state index is -0.565. The molecule has 2 aromatic carbocycles. The van der Waals surface area contributed by atoms with Crippen LogP contribution in [0.25, 0.3) is 22.2 Å². The second-order valence-electron chi connectivity index (χ2n) is 8.95. The first-order valence-electron chi connectivity index (χ1n) is 11.2. The first-order valence-corrected chi connectivity index (χ1v) is 11.6. The highest BCUT2D eigenvalue weighted by Crippen LogP contribution is 2.43. The fraction of sp³-hybridized carbons (Fsp3) is 0.423. The van der Waals surface area contributed by atoms with Gasteiger partial charge in [0, 0.05) is 28.6 Å².